The molecule has 1 rings (SSSR count). The Morgan fingerprint density at radius 2 is 1.95 bits per heavy atom. The van der Waals surface area contributed by atoms with Gasteiger partial charge in [0.2, 0.25) is 0 Å². The number of nitrogens with zero attached hydrogens (tertiary/aromatic N) is 1. The van der Waals surface area contributed by atoms with E-state index in [1.807, 2.05) is 32.0 Å². The molecule has 0 heterocycles. The van der Waals surface area contributed by atoms with Crippen molar-refractivity contribution >= 4 is 5.91 Å². The normalized spacial score (nSPS) is 10.2. The fraction of sp³-hybridized carbons (Fsp3) is 0.533. The van der Waals surface area contributed by atoms with E-state index in [0.29, 0.717) is 31.1 Å². The number of likely N-dealkylation sites (N-methyl/N-ethyl adjacent to an activating group) is 1. The molecule has 0 saturated heterocycles. The zero-order chi connectivity index (χ0) is 15.0. The molecule has 5 nitrogen and oxygen atoms in total. The molecule has 0 unspecified atom stereocenters. The molecule has 1 aromatic carbocycles. The predicted octanol–water partition coefficient (Wildman–Crippen LogP) is 1.44. The molecule has 112 valence electrons. The van der Waals surface area contributed by atoms with Gasteiger partial charge in [-0.3, -0.25) is 4.79 Å². The van der Waals surface area contributed by atoms with Gasteiger partial charge in [0.05, 0.1) is 7.11 Å². The molecule has 0 fully saturated rings. The minimum absolute atomic E-state index is 0.0221. The van der Waals surface area contributed by atoms with Crippen LogP contribution in [-0.4, -0.2) is 44.2 Å². The number of nitrogens with two attached hydrogens (primary N) is 1. The number of rotatable bonds is 8. The molecule has 1 amide bonds. The molecule has 0 aliphatic rings. The van der Waals surface area contributed by atoms with Gasteiger partial charge < -0.3 is 20.1 Å². The lowest BCUT2D eigenvalue weighted by molar-refractivity contribution is -0.132. The molecule has 1 aromatic rings. The number of hydrogen-bond donors (Lipinski definition) is 1. The summed E-state index contributed by atoms with van der Waals surface area (Å²) in [5.74, 6) is 1.18. The van der Waals surface area contributed by atoms with E-state index in [1.54, 1.807) is 12.0 Å². The van der Waals surface area contributed by atoms with Crippen LogP contribution in [0.15, 0.2) is 18.2 Å². The fourth-order valence-corrected chi connectivity index (χ4v) is 1.96. The van der Waals surface area contributed by atoms with Crippen LogP contribution in [0, 0.1) is 0 Å². The number of methoxy groups -OCH3 is 1. The summed E-state index contributed by atoms with van der Waals surface area (Å²) in [6, 6.07) is 5.65. The van der Waals surface area contributed by atoms with Crippen LogP contribution in [0.25, 0.3) is 0 Å². The smallest absolute Gasteiger partial charge is 0.260 e. The Bertz CT molecular complexity index is 431. The standard InChI is InChI=1S/C15H24N2O3/c1-4-17(5-2)15(18)11-20-13-7-6-12(8-9-16)10-14(13)19-3/h6-7,10H,4-5,8-9,11,16H2,1-3H3. The topological polar surface area (TPSA) is 64.8 Å². The van der Waals surface area contributed by atoms with Gasteiger partial charge in [0, 0.05) is 13.1 Å². The lowest BCUT2D eigenvalue weighted by Crippen LogP contribution is -2.34. The Kier molecular flexibility index (Phi) is 6.87. The molecule has 0 spiro atoms. The first kappa shape index (κ1) is 16.3. The fourth-order valence-electron chi connectivity index (χ4n) is 1.96. The van der Waals surface area contributed by atoms with E-state index < -0.39 is 0 Å². The van der Waals surface area contributed by atoms with Crippen LogP contribution in [-0.2, 0) is 11.2 Å². The molecule has 0 aliphatic heterocycles. The summed E-state index contributed by atoms with van der Waals surface area (Å²) in [6.07, 6.45) is 0.787. The summed E-state index contributed by atoms with van der Waals surface area (Å²) in [7, 11) is 1.58. The highest BCUT2D eigenvalue weighted by Crippen LogP contribution is 2.28. The first-order valence-corrected chi connectivity index (χ1v) is 6.93. The van der Waals surface area contributed by atoms with E-state index in [1.165, 1.54) is 0 Å². The zero-order valence-corrected chi connectivity index (χ0v) is 12.5. The van der Waals surface area contributed by atoms with Crippen LogP contribution < -0.4 is 15.2 Å². The number of carbonyl (C=O) groups excluding carboxylic acids is 1. The van der Waals surface area contributed by atoms with Gasteiger partial charge >= 0.3 is 0 Å². The number of hydrogen-bond acceptors (Lipinski definition) is 4. The van der Waals surface area contributed by atoms with Gasteiger partial charge in [0.25, 0.3) is 5.91 Å². The Balaban J connectivity index is 2.70. The van der Waals surface area contributed by atoms with Gasteiger partial charge in [-0.15, -0.1) is 0 Å². The maximum Gasteiger partial charge on any atom is 0.260 e. The summed E-state index contributed by atoms with van der Waals surface area (Å²) in [6.45, 7) is 5.88. The van der Waals surface area contributed by atoms with Crippen LogP contribution in [0.3, 0.4) is 0 Å². The lowest BCUT2D eigenvalue weighted by Gasteiger charge is -2.19. The number of benzene rings is 1. The second-order valence-electron chi connectivity index (χ2n) is 4.38. The average molecular weight is 280 g/mol. The van der Waals surface area contributed by atoms with Gasteiger partial charge in [-0.2, -0.15) is 0 Å². The Morgan fingerprint density at radius 3 is 2.50 bits per heavy atom. The summed E-state index contributed by atoms with van der Waals surface area (Å²) >= 11 is 0. The van der Waals surface area contributed by atoms with Crippen LogP contribution in [0.1, 0.15) is 19.4 Å². The van der Waals surface area contributed by atoms with Crippen molar-refractivity contribution in [2.75, 3.05) is 33.4 Å². The maximum absolute atomic E-state index is 11.9. The highest BCUT2D eigenvalue weighted by Gasteiger charge is 2.12. The molecule has 0 aliphatic carbocycles. The van der Waals surface area contributed by atoms with Crippen LogP contribution in [0.4, 0.5) is 0 Å². The summed E-state index contributed by atoms with van der Waals surface area (Å²) < 4.78 is 10.8. The third-order valence-corrected chi connectivity index (χ3v) is 3.13. The zero-order valence-electron chi connectivity index (χ0n) is 12.5. The van der Waals surface area contributed by atoms with E-state index >= 15 is 0 Å². The Hall–Kier alpha value is -1.75. The molecule has 0 bridgehead atoms. The number of ether oxygens (including phenoxy) is 2. The van der Waals surface area contributed by atoms with Gasteiger partial charge in [-0.1, -0.05) is 6.07 Å². The monoisotopic (exact) mass is 280 g/mol. The molecule has 5 heteroatoms. The Labute approximate surface area is 120 Å². The van der Waals surface area contributed by atoms with Crippen LogP contribution in [0.5, 0.6) is 11.5 Å². The molecule has 0 saturated carbocycles. The van der Waals surface area contributed by atoms with Crippen molar-refractivity contribution < 1.29 is 14.3 Å². The van der Waals surface area contributed by atoms with Crippen molar-refractivity contribution in [2.45, 2.75) is 20.3 Å². The second kappa shape index (κ2) is 8.43. The predicted molar refractivity (Wildman–Crippen MR) is 79.2 cm³/mol. The maximum atomic E-state index is 11.9. The summed E-state index contributed by atoms with van der Waals surface area (Å²) in [4.78, 5) is 13.6. The molecule has 0 radical (unpaired) electrons. The molecule has 20 heavy (non-hydrogen) atoms. The highest BCUT2D eigenvalue weighted by atomic mass is 16.5. The molecule has 2 N–H and O–H groups in total. The first-order chi connectivity index (χ1) is 9.65. The number of amides is 1. The summed E-state index contributed by atoms with van der Waals surface area (Å²) in [5.41, 5.74) is 6.62. The van der Waals surface area contributed by atoms with Crippen molar-refractivity contribution in [2.24, 2.45) is 5.73 Å². The lowest BCUT2D eigenvalue weighted by atomic mass is 10.1. The molecular weight excluding hydrogens is 256 g/mol. The van der Waals surface area contributed by atoms with Gasteiger partial charge in [0.15, 0.2) is 18.1 Å². The first-order valence-electron chi connectivity index (χ1n) is 6.93. The Morgan fingerprint density at radius 1 is 1.25 bits per heavy atom. The van der Waals surface area contributed by atoms with Crippen LogP contribution in [0.2, 0.25) is 0 Å². The van der Waals surface area contributed by atoms with Crippen molar-refractivity contribution in [3.63, 3.8) is 0 Å². The van der Waals surface area contributed by atoms with Crippen LogP contribution >= 0.6 is 0 Å². The molecular formula is C15H24N2O3. The van der Waals surface area contributed by atoms with Crippen molar-refractivity contribution in [3.05, 3.63) is 23.8 Å². The average Bonchev–Trinajstić information content (AvgIpc) is 2.47. The van der Waals surface area contributed by atoms with E-state index in [-0.39, 0.29) is 12.5 Å². The molecule has 0 atom stereocenters. The largest absolute Gasteiger partial charge is 0.493 e. The minimum atomic E-state index is -0.0249. The summed E-state index contributed by atoms with van der Waals surface area (Å²) in [5, 5.41) is 0. The van der Waals surface area contributed by atoms with Crippen molar-refractivity contribution in [1.82, 2.24) is 4.90 Å². The van der Waals surface area contributed by atoms with E-state index in [9.17, 15) is 4.79 Å². The second-order valence-corrected chi connectivity index (χ2v) is 4.38. The van der Waals surface area contributed by atoms with E-state index in [4.69, 9.17) is 15.2 Å². The van der Waals surface area contributed by atoms with Crippen molar-refractivity contribution in [1.29, 1.82) is 0 Å². The quantitative estimate of drug-likeness (QED) is 0.782. The highest BCUT2D eigenvalue weighted by molar-refractivity contribution is 5.77. The SMILES string of the molecule is CCN(CC)C(=O)COc1ccc(CCN)cc1OC. The van der Waals surface area contributed by atoms with E-state index in [2.05, 4.69) is 0 Å². The third kappa shape index (κ3) is 4.42. The van der Waals surface area contributed by atoms with Gasteiger partial charge in [-0.05, 0) is 44.5 Å². The minimum Gasteiger partial charge on any atom is -0.493 e. The third-order valence-electron chi connectivity index (χ3n) is 3.13. The molecule has 0 aromatic heterocycles. The van der Waals surface area contributed by atoms with Crippen molar-refractivity contribution in [3.8, 4) is 11.5 Å². The number of carbonyl (C=O) groups is 1. The van der Waals surface area contributed by atoms with E-state index in [0.717, 1.165) is 12.0 Å². The van der Waals surface area contributed by atoms with Gasteiger partial charge in [0.1, 0.15) is 0 Å². The van der Waals surface area contributed by atoms with Gasteiger partial charge in [-0.25, -0.2) is 0 Å².